The summed E-state index contributed by atoms with van der Waals surface area (Å²) in [7, 11) is -3.74. The van der Waals surface area contributed by atoms with Gasteiger partial charge in [0.25, 0.3) is 5.92 Å². The van der Waals surface area contributed by atoms with Crippen molar-refractivity contribution in [3.63, 3.8) is 0 Å². The predicted molar refractivity (Wildman–Crippen MR) is 168 cm³/mol. The molecule has 2 aliphatic heterocycles. The Balaban J connectivity index is 1.26. The second-order valence-electron chi connectivity index (χ2n) is 12.2. The van der Waals surface area contributed by atoms with E-state index < -0.39 is 34.1 Å². The molecule has 2 saturated heterocycles. The third kappa shape index (κ3) is 5.90. The lowest BCUT2D eigenvalue weighted by molar-refractivity contribution is -0.0221. The Bertz CT molecular complexity index is 1860. The number of piperidine rings is 2. The second-order valence-corrected chi connectivity index (χ2v) is 15.1. The number of nitrogen functional groups attached to an aromatic ring is 1. The summed E-state index contributed by atoms with van der Waals surface area (Å²) in [4.78, 5) is 8.11. The van der Waals surface area contributed by atoms with Crippen molar-refractivity contribution in [2.45, 2.75) is 44.4 Å². The summed E-state index contributed by atoms with van der Waals surface area (Å²) in [6, 6.07) is 6.69. The fourth-order valence-electron chi connectivity index (χ4n) is 6.36. The Morgan fingerprint density at radius 2 is 1.71 bits per heavy atom. The van der Waals surface area contributed by atoms with Crippen LogP contribution in [-0.4, -0.2) is 78.0 Å². The number of thiazole rings is 1. The predicted octanol–water partition coefficient (Wildman–Crippen LogP) is 4.62. The van der Waals surface area contributed by atoms with Gasteiger partial charge >= 0.3 is 0 Å². The number of aromatic nitrogens is 4. The molecular weight excluding hydrogens is 630 g/mol. The van der Waals surface area contributed by atoms with E-state index in [0.717, 1.165) is 31.6 Å². The van der Waals surface area contributed by atoms with Gasteiger partial charge in [0.2, 0.25) is 10.0 Å². The van der Waals surface area contributed by atoms with Gasteiger partial charge in [-0.05, 0) is 55.4 Å². The van der Waals surface area contributed by atoms with Crippen LogP contribution in [0.1, 0.15) is 38.5 Å². The zero-order valence-corrected chi connectivity index (χ0v) is 26.0. The van der Waals surface area contributed by atoms with Crippen molar-refractivity contribution in [2.24, 2.45) is 5.41 Å². The van der Waals surface area contributed by atoms with Crippen LogP contribution >= 0.6 is 11.3 Å². The standard InChI is InChI=1S/C29H33F3N8O3S2/c30-24-19(16-23-25(34-27(33)44-23)26(24)39-11-7-29(31,32)8-12-39)20-17-40(37-35-20)21-2-1-18(36-45(42,43)14-13-41)15-22(21)38-9-5-28(3-4-28)6-10-38/h1-2,15-17,36,41H,3-14H2,(H2,33,34). The van der Waals surface area contributed by atoms with Gasteiger partial charge < -0.3 is 20.6 Å². The molecule has 4 N–H and O–H groups in total. The number of anilines is 4. The molecule has 0 unspecified atom stereocenters. The van der Waals surface area contributed by atoms with E-state index >= 15 is 4.39 Å². The maximum atomic E-state index is 16.3. The fraction of sp³-hybridized carbons (Fsp3) is 0.483. The number of nitrogens with one attached hydrogen (secondary N) is 1. The summed E-state index contributed by atoms with van der Waals surface area (Å²) in [5.41, 5.74) is 8.96. The number of rotatable bonds is 8. The van der Waals surface area contributed by atoms with Crippen LogP contribution in [0.3, 0.4) is 0 Å². The Hall–Kier alpha value is -3.63. The fourth-order valence-corrected chi connectivity index (χ4v) is 7.97. The molecule has 0 amide bonds. The van der Waals surface area contributed by atoms with Gasteiger partial charge in [-0.25, -0.2) is 31.3 Å². The van der Waals surface area contributed by atoms with E-state index in [1.165, 1.54) is 28.9 Å². The number of benzene rings is 2. The molecule has 11 nitrogen and oxygen atoms in total. The van der Waals surface area contributed by atoms with Crippen LogP contribution in [0.5, 0.6) is 0 Å². The summed E-state index contributed by atoms with van der Waals surface area (Å²) >= 11 is 1.18. The first-order chi connectivity index (χ1) is 21.4. The molecule has 1 aliphatic carbocycles. The zero-order valence-electron chi connectivity index (χ0n) is 24.3. The molecule has 4 aromatic rings. The van der Waals surface area contributed by atoms with Gasteiger partial charge in [-0.2, -0.15) is 0 Å². The van der Waals surface area contributed by atoms with Crippen molar-refractivity contribution in [2.75, 3.05) is 58.8 Å². The molecule has 3 fully saturated rings. The van der Waals surface area contributed by atoms with E-state index in [1.807, 2.05) is 0 Å². The van der Waals surface area contributed by atoms with Crippen LogP contribution in [0.15, 0.2) is 30.5 Å². The lowest BCUT2D eigenvalue weighted by Crippen LogP contribution is -2.40. The van der Waals surface area contributed by atoms with Gasteiger partial charge in [-0.1, -0.05) is 16.6 Å². The van der Waals surface area contributed by atoms with E-state index in [0.29, 0.717) is 27.0 Å². The Labute approximate surface area is 261 Å². The molecule has 3 aliphatic rings. The molecule has 0 bridgehead atoms. The molecule has 4 heterocycles. The number of halogens is 3. The SMILES string of the molecule is Nc1nc2c(N3CCC(F)(F)CC3)c(F)c(-c3cn(-c4ccc(NS(=O)(=O)CCO)cc4N4CCC5(CC4)CC5)nn3)cc2s1. The molecular formula is C29H33F3N8O3S2. The Kier molecular flexibility index (Phi) is 7.35. The van der Waals surface area contributed by atoms with Crippen molar-refractivity contribution in [1.29, 1.82) is 0 Å². The molecule has 0 atom stereocenters. The molecule has 1 spiro atoms. The van der Waals surface area contributed by atoms with Crippen molar-refractivity contribution >= 4 is 53.8 Å². The monoisotopic (exact) mass is 662 g/mol. The maximum Gasteiger partial charge on any atom is 0.251 e. The summed E-state index contributed by atoms with van der Waals surface area (Å²) in [5.74, 6) is -3.86. The normalized spacial score (nSPS) is 19.4. The molecule has 2 aromatic carbocycles. The smallest absolute Gasteiger partial charge is 0.251 e. The summed E-state index contributed by atoms with van der Waals surface area (Å²) in [5, 5.41) is 18.0. The van der Waals surface area contributed by atoms with Gasteiger partial charge in [0.05, 0.1) is 40.3 Å². The second kappa shape index (κ2) is 11.0. The van der Waals surface area contributed by atoms with Crippen LogP contribution in [0.25, 0.3) is 27.2 Å². The van der Waals surface area contributed by atoms with Gasteiger partial charge in [-0.15, -0.1) is 5.10 Å². The first-order valence-electron chi connectivity index (χ1n) is 14.9. The highest BCUT2D eigenvalue weighted by Crippen LogP contribution is 2.54. The number of sulfonamides is 1. The quantitative estimate of drug-likeness (QED) is 0.247. The highest BCUT2D eigenvalue weighted by atomic mass is 32.2. The molecule has 2 aromatic heterocycles. The molecule has 45 heavy (non-hydrogen) atoms. The van der Waals surface area contributed by atoms with E-state index in [4.69, 9.17) is 10.8 Å². The molecule has 16 heteroatoms. The summed E-state index contributed by atoms with van der Waals surface area (Å²) in [6.45, 7) is 1.02. The Morgan fingerprint density at radius 3 is 2.40 bits per heavy atom. The molecule has 240 valence electrons. The van der Waals surface area contributed by atoms with Crippen LogP contribution in [0.4, 0.5) is 35.4 Å². The average molecular weight is 663 g/mol. The number of nitrogens with zero attached hydrogens (tertiary/aromatic N) is 6. The lowest BCUT2D eigenvalue weighted by Gasteiger charge is -2.35. The van der Waals surface area contributed by atoms with E-state index in [1.54, 1.807) is 35.4 Å². The van der Waals surface area contributed by atoms with Gasteiger partial charge in [0.15, 0.2) is 10.9 Å². The van der Waals surface area contributed by atoms with E-state index in [9.17, 15) is 17.2 Å². The zero-order chi connectivity index (χ0) is 31.6. The number of alkyl halides is 2. The lowest BCUT2D eigenvalue weighted by atomic mass is 9.93. The van der Waals surface area contributed by atoms with Crippen LogP contribution < -0.4 is 20.3 Å². The average Bonchev–Trinajstić information content (AvgIpc) is 3.38. The van der Waals surface area contributed by atoms with Gasteiger partial charge in [0, 0.05) is 44.6 Å². The minimum absolute atomic E-state index is 0.0263. The van der Waals surface area contributed by atoms with Crippen molar-refractivity contribution in [1.82, 2.24) is 20.0 Å². The minimum Gasteiger partial charge on any atom is -0.395 e. The third-order valence-corrected chi connectivity index (χ3v) is 11.3. The van der Waals surface area contributed by atoms with Gasteiger partial charge in [0.1, 0.15) is 16.9 Å². The number of hydrogen-bond acceptors (Lipinski definition) is 10. The maximum absolute atomic E-state index is 16.3. The number of aliphatic hydroxyl groups is 1. The highest BCUT2D eigenvalue weighted by molar-refractivity contribution is 7.92. The number of hydrogen-bond donors (Lipinski definition) is 3. The van der Waals surface area contributed by atoms with Crippen molar-refractivity contribution in [3.8, 4) is 16.9 Å². The van der Waals surface area contributed by atoms with Crippen molar-refractivity contribution < 1.29 is 26.7 Å². The topological polar surface area (TPSA) is 142 Å². The van der Waals surface area contributed by atoms with E-state index in [2.05, 4.69) is 24.9 Å². The van der Waals surface area contributed by atoms with Gasteiger partial charge in [-0.3, -0.25) is 4.72 Å². The minimum atomic E-state index is -3.74. The molecule has 1 saturated carbocycles. The number of aliphatic hydroxyl groups excluding tert-OH is 1. The first-order valence-corrected chi connectivity index (χ1v) is 17.4. The Morgan fingerprint density at radius 1 is 1.00 bits per heavy atom. The van der Waals surface area contributed by atoms with E-state index in [-0.39, 0.29) is 48.0 Å². The largest absolute Gasteiger partial charge is 0.395 e. The summed E-state index contributed by atoms with van der Waals surface area (Å²) in [6.07, 6.45) is 5.34. The van der Waals surface area contributed by atoms with Crippen LogP contribution in [-0.2, 0) is 10.0 Å². The molecule has 0 radical (unpaired) electrons. The molecule has 7 rings (SSSR count). The summed E-state index contributed by atoms with van der Waals surface area (Å²) < 4.78 is 73.7. The number of fused-ring (bicyclic) bond motifs is 1. The van der Waals surface area contributed by atoms with Crippen LogP contribution in [0.2, 0.25) is 0 Å². The highest BCUT2D eigenvalue weighted by Gasteiger charge is 2.44. The number of nitrogens with two attached hydrogens (primary N) is 1. The van der Waals surface area contributed by atoms with Crippen LogP contribution in [0, 0.1) is 11.2 Å². The third-order valence-electron chi connectivity index (χ3n) is 9.17. The first kappa shape index (κ1) is 30.0. The van der Waals surface area contributed by atoms with Crippen molar-refractivity contribution in [3.05, 3.63) is 36.3 Å².